The van der Waals surface area contributed by atoms with Crippen molar-refractivity contribution in [3.63, 3.8) is 0 Å². The Labute approximate surface area is 134 Å². The fourth-order valence-corrected chi connectivity index (χ4v) is 3.79. The van der Waals surface area contributed by atoms with E-state index in [9.17, 15) is 0 Å². The van der Waals surface area contributed by atoms with Crippen LogP contribution in [0.15, 0.2) is 50.2 Å². The van der Waals surface area contributed by atoms with Crippen LogP contribution in [0.5, 0.6) is 5.75 Å². The lowest BCUT2D eigenvalue weighted by molar-refractivity contribution is 0.412. The van der Waals surface area contributed by atoms with Crippen LogP contribution in [0.25, 0.3) is 0 Å². The van der Waals surface area contributed by atoms with Gasteiger partial charge in [0.25, 0.3) is 0 Å². The molecule has 0 saturated heterocycles. The lowest BCUT2D eigenvalue weighted by Crippen LogP contribution is -1.88. The van der Waals surface area contributed by atoms with Crippen LogP contribution in [0, 0.1) is 0 Å². The number of hydrogen-bond donors (Lipinski definition) is 1. The van der Waals surface area contributed by atoms with Gasteiger partial charge < -0.3 is 10.5 Å². The van der Waals surface area contributed by atoms with Gasteiger partial charge in [0.15, 0.2) is 0 Å². The largest absolute Gasteiger partial charge is 0.496 e. The van der Waals surface area contributed by atoms with Crippen LogP contribution in [0.1, 0.15) is 5.56 Å². The smallest absolute Gasteiger partial charge is 0.133 e. The van der Waals surface area contributed by atoms with E-state index in [1.807, 2.05) is 24.3 Å². The van der Waals surface area contributed by atoms with Crippen molar-refractivity contribution in [2.75, 3.05) is 12.8 Å². The van der Waals surface area contributed by atoms with E-state index in [0.717, 1.165) is 26.1 Å². The zero-order chi connectivity index (χ0) is 13.8. The number of halogens is 2. The van der Waals surface area contributed by atoms with Crippen molar-refractivity contribution in [1.29, 1.82) is 0 Å². The van der Waals surface area contributed by atoms with Gasteiger partial charge in [0.2, 0.25) is 0 Å². The standard InChI is InChI=1S/C14H13Br2NOS/c1-18-13-4-2-9(6-11(13)15)8-19-14-5-3-10(17)7-12(14)16/h2-7H,8,17H2,1H3. The van der Waals surface area contributed by atoms with Gasteiger partial charge in [-0.25, -0.2) is 0 Å². The molecule has 2 nitrogen and oxygen atoms in total. The highest BCUT2D eigenvalue weighted by molar-refractivity contribution is 9.10. The third-order valence-corrected chi connectivity index (χ3v) is 5.25. The van der Waals surface area contributed by atoms with Gasteiger partial charge in [0, 0.05) is 20.8 Å². The molecule has 0 amide bonds. The Morgan fingerprint density at radius 2 is 1.89 bits per heavy atom. The summed E-state index contributed by atoms with van der Waals surface area (Å²) in [5.74, 6) is 1.74. The first-order chi connectivity index (χ1) is 9.10. The van der Waals surface area contributed by atoms with Gasteiger partial charge in [-0.1, -0.05) is 6.07 Å². The third kappa shape index (κ3) is 3.91. The van der Waals surface area contributed by atoms with E-state index in [2.05, 4.69) is 44.0 Å². The molecule has 5 heteroatoms. The Hall–Kier alpha value is -0.650. The molecule has 0 atom stereocenters. The molecule has 2 N–H and O–H groups in total. The summed E-state index contributed by atoms with van der Waals surface area (Å²) in [6, 6.07) is 12.0. The molecule has 0 saturated carbocycles. The van der Waals surface area contributed by atoms with Gasteiger partial charge in [-0.3, -0.25) is 0 Å². The first-order valence-corrected chi connectivity index (χ1v) is 8.17. The molecule has 0 fully saturated rings. The van der Waals surface area contributed by atoms with Crippen molar-refractivity contribution in [3.05, 3.63) is 50.9 Å². The third-order valence-electron chi connectivity index (χ3n) is 2.57. The van der Waals surface area contributed by atoms with Gasteiger partial charge in [-0.15, -0.1) is 11.8 Å². The fourth-order valence-electron chi connectivity index (χ4n) is 1.59. The minimum Gasteiger partial charge on any atom is -0.496 e. The SMILES string of the molecule is COc1ccc(CSc2ccc(N)cc2Br)cc1Br. The first kappa shape index (κ1) is 14.8. The number of thioether (sulfide) groups is 1. The van der Waals surface area contributed by atoms with Crippen LogP contribution in [0.4, 0.5) is 5.69 Å². The summed E-state index contributed by atoms with van der Waals surface area (Å²) in [6.07, 6.45) is 0. The molecule has 100 valence electrons. The topological polar surface area (TPSA) is 35.2 Å². The maximum atomic E-state index is 5.73. The first-order valence-electron chi connectivity index (χ1n) is 5.60. The van der Waals surface area contributed by atoms with Gasteiger partial charge in [0.05, 0.1) is 11.6 Å². The zero-order valence-electron chi connectivity index (χ0n) is 10.3. The Balaban J connectivity index is 2.08. The van der Waals surface area contributed by atoms with E-state index in [4.69, 9.17) is 10.5 Å². The van der Waals surface area contributed by atoms with Crippen molar-refractivity contribution in [2.24, 2.45) is 0 Å². The molecular weight excluding hydrogens is 390 g/mol. The van der Waals surface area contributed by atoms with Crippen LogP contribution in [0.3, 0.4) is 0 Å². The lowest BCUT2D eigenvalue weighted by Gasteiger charge is -2.08. The second-order valence-electron chi connectivity index (χ2n) is 3.95. The minimum absolute atomic E-state index is 0.767. The number of nitrogen functional groups attached to an aromatic ring is 1. The van der Waals surface area contributed by atoms with Crippen LogP contribution < -0.4 is 10.5 Å². The van der Waals surface area contributed by atoms with Crippen molar-refractivity contribution in [3.8, 4) is 5.75 Å². The molecule has 0 heterocycles. The molecule has 0 aromatic heterocycles. The van der Waals surface area contributed by atoms with E-state index in [1.165, 1.54) is 10.5 Å². The molecule has 2 rings (SSSR count). The normalized spacial score (nSPS) is 10.5. The van der Waals surface area contributed by atoms with E-state index in [0.29, 0.717) is 0 Å². The average Bonchev–Trinajstić information content (AvgIpc) is 2.38. The van der Waals surface area contributed by atoms with E-state index in [-0.39, 0.29) is 0 Å². The Morgan fingerprint density at radius 1 is 1.11 bits per heavy atom. The monoisotopic (exact) mass is 401 g/mol. The Kier molecular flexibility index (Phi) is 5.19. The van der Waals surface area contributed by atoms with Crippen LogP contribution in [0.2, 0.25) is 0 Å². The number of nitrogens with two attached hydrogens (primary N) is 1. The van der Waals surface area contributed by atoms with Crippen LogP contribution in [-0.2, 0) is 5.75 Å². The van der Waals surface area contributed by atoms with Crippen molar-refractivity contribution >= 4 is 49.3 Å². The number of benzene rings is 2. The molecule has 0 bridgehead atoms. The highest BCUT2D eigenvalue weighted by Crippen LogP contribution is 2.33. The Bertz CT molecular complexity index is 590. The molecular formula is C14H13Br2NOS. The molecule has 0 unspecified atom stereocenters. The summed E-state index contributed by atoms with van der Waals surface area (Å²) in [6.45, 7) is 0. The van der Waals surface area contributed by atoms with E-state index in [1.54, 1.807) is 18.9 Å². The molecule has 19 heavy (non-hydrogen) atoms. The minimum atomic E-state index is 0.767. The number of hydrogen-bond acceptors (Lipinski definition) is 3. The second-order valence-corrected chi connectivity index (χ2v) is 6.67. The predicted molar refractivity (Wildman–Crippen MR) is 88.8 cm³/mol. The maximum absolute atomic E-state index is 5.73. The van der Waals surface area contributed by atoms with Gasteiger partial charge in [0.1, 0.15) is 5.75 Å². The second kappa shape index (κ2) is 6.68. The van der Waals surface area contributed by atoms with Gasteiger partial charge in [-0.05, 0) is 67.8 Å². The molecule has 0 radical (unpaired) electrons. The summed E-state index contributed by atoms with van der Waals surface area (Å²) in [5.41, 5.74) is 7.73. The van der Waals surface area contributed by atoms with Crippen LogP contribution >= 0.6 is 43.6 Å². The van der Waals surface area contributed by atoms with E-state index < -0.39 is 0 Å². The number of methoxy groups -OCH3 is 1. The van der Waals surface area contributed by atoms with Crippen molar-refractivity contribution < 1.29 is 4.74 Å². The van der Waals surface area contributed by atoms with Crippen LogP contribution in [-0.4, -0.2) is 7.11 Å². The summed E-state index contributed by atoms with van der Waals surface area (Å²) < 4.78 is 7.23. The molecule has 0 aliphatic heterocycles. The predicted octanol–water partition coefficient (Wildman–Crippen LogP) is 5.09. The molecule has 0 aliphatic carbocycles. The molecule has 2 aromatic carbocycles. The maximum Gasteiger partial charge on any atom is 0.133 e. The average molecular weight is 403 g/mol. The Morgan fingerprint density at radius 3 is 2.53 bits per heavy atom. The van der Waals surface area contributed by atoms with Crippen molar-refractivity contribution in [2.45, 2.75) is 10.6 Å². The molecule has 2 aromatic rings. The summed E-state index contributed by atoms with van der Waals surface area (Å²) in [7, 11) is 1.67. The van der Waals surface area contributed by atoms with Gasteiger partial charge in [-0.2, -0.15) is 0 Å². The van der Waals surface area contributed by atoms with Crippen molar-refractivity contribution in [1.82, 2.24) is 0 Å². The zero-order valence-corrected chi connectivity index (χ0v) is 14.3. The van der Waals surface area contributed by atoms with Gasteiger partial charge >= 0.3 is 0 Å². The summed E-state index contributed by atoms with van der Waals surface area (Å²) >= 11 is 8.79. The number of rotatable bonds is 4. The number of ether oxygens (including phenoxy) is 1. The lowest BCUT2D eigenvalue weighted by atomic mass is 10.2. The fraction of sp³-hybridized carbons (Fsp3) is 0.143. The van der Waals surface area contributed by atoms with E-state index >= 15 is 0 Å². The highest BCUT2D eigenvalue weighted by Gasteiger charge is 2.04. The number of anilines is 1. The molecule has 0 aliphatic rings. The molecule has 0 spiro atoms. The quantitative estimate of drug-likeness (QED) is 0.571. The summed E-state index contributed by atoms with van der Waals surface area (Å²) in [5, 5.41) is 0. The highest BCUT2D eigenvalue weighted by atomic mass is 79.9. The summed E-state index contributed by atoms with van der Waals surface area (Å²) in [4.78, 5) is 1.18.